The van der Waals surface area contributed by atoms with Crippen molar-refractivity contribution >= 4 is 47.6 Å². The fourth-order valence-electron chi connectivity index (χ4n) is 2.63. The molecule has 1 fully saturated rings. The SMILES string of the molecule is CN=C(NCCCN1CCN(c2ncccn2)CC1)NCCSC.I. The highest BCUT2D eigenvalue weighted by Gasteiger charge is 2.18. The second-order valence-electron chi connectivity index (χ2n) is 5.65. The number of nitrogens with one attached hydrogen (secondary N) is 2. The first-order valence-corrected chi connectivity index (χ1v) is 9.90. The molecular weight excluding hydrogens is 449 g/mol. The number of thioether (sulfide) groups is 1. The maximum absolute atomic E-state index is 4.33. The lowest BCUT2D eigenvalue weighted by molar-refractivity contribution is 0.254. The molecule has 0 spiro atoms. The summed E-state index contributed by atoms with van der Waals surface area (Å²) in [7, 11) is 1.82. The topological polar surface area (TPSA) is 68.7 Å². The molecule has 0 atom stereocenters. The van der Waals surface area contributed by atoms with Gasteiger partial charge in [0.25, 0.3) is 0 Å². The number of aromatic nitrogens is 2. The van der Waals surface area contributed by atoms with Crippen LogP contribution >= 0.6 is 35.7 Å². The zero-order valence-corrected chi connectivity index (χ0v) is 18.3. The lowest BCUT2D eigenvalue weighted by Gasteiger charge is -2.34. The van der Waals surface area contributed by atoms with Gasteiger partial charge in [-0.2, -0.15) is 11.8 Å². The second kappa shape index (κ2) is 13.4. The van der Waals surface area contributed by atoms with Crippen molar-refractivity contribution in [2.45, 2.75) is 6.42 Å². The van der Waals surface area contributed by atoms with E-state index in [1.54, 1.807) is 12.4 Å². The van der Waals surface area contributed by atoms with E-state index < -0.39 is 0 Å². The lowest BCUT2D eigenvalue weighted by atomic mass is 10.3. The fraction of sp³-hybridized carbons (Fsp3) is 0.688. The third-order valence-electron chi connectivity index (χ3n) is 3.97. The van der Waals surface area contributed by atoms with Gasteiger partial charge >= 0.3 is 0 Å². The monoisotopic (exact) mass is 479 g/mol. The summed E-state index contributed by atoms with van der Waals surface area (Å²) in [6.07, 6.45) is 6.84. The number of halogens is 1. The maximum Gasteiger partial charge on any atom is 0.225 e. The van der Waals surface area contributed by atoms with E-state index in [-0.39, 0.29) is 24.0 Å². The predicted molar refractivity (Wildman–Crippen MR) is 118 cm³/mol. The molecule has 0 unspecified atom stereocenters. The second-order valence-corrected chi connectivity index (χ2v) is 6.64. The standard InChI is InChI=1S/C16H29N7S.HI/c1-17-15(19-8-14-24-2)18-7-4-9-22-10-12-23(13-11-22)16-20-5-3-6-21-16;/h3,5-6H,4,7-14H2,1-2H3,(H2,17,18,19);1H. The number of hydrogen-bond donors (Lipinski definition) is 2. The van der Waals surface area contributed by atoms with Gasteiger partial charge in [0.2, 0.25) is 5.95 Å². The van der Waals surface area contributed by atoms with Crippen molar-refractivity contribution in [3.8, 4) is 0 Å². The molecule has 142 valence electrons. The van der Waals surface area contributed by atoms with Crippen molar-refractivity contribution in [3.63, 3.8) is 0 Å². The van der Waals surface area contributed by atoms with Crippen LogP contribution < -0.4 is 15.5 Å². The van der Waals surface area contributed by atoms with Gasteiger partial charge in [0.15, 0.2) is 5.96 Å². The molecule has 0 saturated carbocycles. The van der Waals surface area contributed by atoms with E-state index in [0.29, 0.717) is 0 Å². The minimum atomic E-state index is 0. The molecule has 25 heavy (non-hydrogen) atoms. The summed E-state index contributed by atoms with van der Waals surface area (Å²) in [4.78, 5) is 17.7. The van der Waals surface area contributed by atoms with Crippen molar-refractivity contribution in [1.29, 1.82) is 0 Å². The Labute approximate surface area is 172 Å². The Bertz CT molecular complexity index is 481. The van der Waals surface area contributed by atoms with Gasteiger partial charge in [0, 0.05) is 64.5 Å². The minimum absolute atomic E-state index is 0. The predicted octanol–water partition coefficient (Wildman–Crippen LogP) is 1.13. The Morgan fingerprint density at radius 1 is 1.16 bits per heavy atom. The largest absolute Gasteiger partial charge is 0.356 e. The Balaban J connectivity index is 0.00000312. The molecule has 2 heterocycles. The minimum Gasteiger partial charge on any atom is -0.356 e. The average Bonchev–Trinajstić information content (AvgIpc) is 2.65. The maximum atomic E-state index is 4.33. The van der Waals surface area contributed by atoms with Crippen LogP contribution in [0.3, 0.4) is 0 Å². The molecule has 1 aliphatic heterocycles. The molecule has 1 saturated heterocycles. The van der Waals surface area contributed by atoms with Crippen LogP contribution in [0.5, 0.6) is 0 Å². The molecule has 1 aliphatic rings. The smallest absolute Gasteiger partial charge is 0.225 e. The van der Waals surface area contributed by atoms with Gasteiger partial charge in [-0.1, -0.05) is 0 Å². The van der Waals surface area contributed by atoms with Crippen molar-refractivity contribution in [1.82, 2.24) is 25.5 Å². The van der Waals surface area contributed by atoms with Crippen molar-refractivity contribution < 1.29 is 0 Å². The molecule has 0 bridgehead atoms. The van der Waals surface area contributed by atoms with Crippen LogP contribution in [-0.2, 0) is 0 Å². The van der Waals surface area contributed by atoms with Gasteiger partial charge in [-0.25, -0.2) is 9.97 Å². The van der Waals surface area contributed by atoms with Gasteiger partial charge < -0.3 is 15.5 Å². The third kappa shape index (κ3) is 8.41. The van der Waals surface area contributed by atoms with Crippen LogP contribution in [0, 0.1) is 0 Å². The van der Waals surface area contributed by atoms with Crippen LogP contribution in [0.2, 0.25) is 0 Å². The number of aliphatic imine (C=N–C) groups is 1. The summed E-state index contributed by atoms with van der Waals surface area (Å²) >= 11 is 1.83. The molecular formula is C16H30IN7S. The summed E-state index contributed by atoms with van der Waals surface area (Å²) in [5.74, 6) is 2.84. The van der Waals surface area contributed by atoms with E-state index >= 15 is 0 Å². The van der Waals surface area contributed by atoms with Gasteiger partial charge in [-0.05, 0) is 25.3 Å². The number of nitrogens with zero attached hydrogens (tertiary/aromatic N) is 5. The fourth-order valence-corrected chi connectivity index (χ4v) is 2.93. The Kier molecular flexibility index (Phi) is 11.9. The molecule has 0 aromatic carbocycles. The molecule has 2 rings (SSSR count). The van der Waals surface area contributed by atoms with Crippen LogP contribution in [0.4, 0.5) is 5.95 Å². The molecule has 0 amide bonds. The van der Waals surface area contributed by atoms with Crippen LogP contribution in [0.1, 0.15) is 6.42 Å². The molecule has 0 aliphatic carbocycles. The van der Waals surface area contributed by atoms with E-state index in [1.165, 1.54) is 0 Å². The number of rotatable bonds is 8. The zero-order valence-electron chi connectivity index (χ0n) is 15.1. The molecule has 1 aromatic rings. The highest BCUT2D eigenvalue weighted by atomic mass is 127. The third-order valence-corrected chi connectivity index (χ3v) is 4.59. The van der Waals surface area contributed by atoms with Crippen molar-refractivity contribution in [2.24, 2.45) is 4.99 Å². The van der Waals surface area contributed by atoms with Gasteiger partial charge in [0.05, 0.1) is 0 Å². The van der Waals surface area contributed by atoms with Crippen LogP contribution in [0.15, 0.2) is 23.5 Å². The summed E-state index contributed by atoms with van der Waals surface area (Å²) < 4.78 is 0. The van der Waals surface area contributed by atoms with E-state index in [0.717, 1.165) is 69.9 Å². The normalized spacial score (nSPS) is 15.6. The first-order chi connectivity index (χ1) is 11.8. The molecule has 2 N–H and O–H groups in total. The molecule has 0 radical (unpaired) electrons. The molecule has 1 aromatic heterocycles. The van der Waals surface area contributed by atoms with E-state index in [1.807, 2.05) is 24.9 Å². The average molecular weight is 479 g/mol. The van der Waals surface area contributed by atoms with E-state index in [4.69, 9.17) is 0 Å². The summed E-state index contributed by atoms with van der Waals surface area (Å²) in [5, 5.41) is 6.69. The Morgan fingerprint density at radius 3 is 2.48 bits per heavy atom. The van der Waals surface area contributed by atoms with Crippen molar-refractivity contribution in [3.05, 3.63) is 18.5 Å². The van der Waals surface area contributed by atoms with Gasteiger partial charge in [0.1, 0.15) is 0 Å². The zero-order chi connectivity index (χ0) is 17.0. The van der Waals surface area contributed by atoms with E-state index in [2.05, 4.69) is 41.6 Å². The van der Waals surface area contributed by atoms with Crippen molar-refractivity contribution in [2.75, 3.05) is 69.8 Å². The number of guanidine groups is 1. The first-order valence-electron chi connectivity index (χ1n) is 8.51. The number of anilines is 1. The number of hydrogen-bond acceptors (Lipinski definition) is 6. The van der Waals surface area contributed by atoms with Gasteiger partial charge in [-0.3, -0.25) is 9.89 Å². The summed E-state index contributed by atoms with van der Waals surface area (Å²) in [6.45, 7) is 7.13. The van der Waals surface area contributed by atoms with Crippen LogP contribution in [0.25, 0.3) is 0 Å². The van der Waals surface area contributed by atoms with Gasteiger partial charge in [-0.15, -0.1) is 24.0 Å². The molecule has 7 nitrogen and oxygen atoms in total. The molecule has 9 heteroatoms. The summed E-state index contributed by atoms with van der Waals surface area (Å²) in [6, 6.07) is 1.86. The quantitative estimate of drug-likeness (QED) is 0.251. The Morgan fingerprint density at radius 2 is 1.84 bits per heavy atom. The van der Waals surface area contributed by atoms with Crippen LogP contribution in [-0.4, -0.2) is 85.7 Å². The highest BCUT2D eigenvalue weighted by Crippen LogP contribution is 2.09. The highest BCUT2D eigenvalue weighted by molar-refractivity contribution is 14.0. The first kappa shape index (κ1) is 22.2. The van der Waals surface area contributed by atoms with E-state index in [9.17, 15) is 0 Å². The Hall–Kier alpha value is -0.810. The number of piperazine rings is 1. The summed E-state index contributed by atoms with van der Waals surface area (Å²) in [5.41, 5.74) is 0. The lowest BCUT2D eigenvalue weighted by Crippen LogP contribution is -2.47.